The highest BCUT2D eigenvalue weighted by Gasteiger charge is 2.60. The number of halogens is 3. The van der Waals surface area contributed by atoms with Gasteiger partial charge in [0.25, 0.3) is 0 Å². The van der Waals surface area contributed by atoms with Gasteiger partial charge >= 0.3 is 0 Å². The van der Waals surface area contributed by atoms with Gasteiger partial charge < -0.3 is 0 Å². The minimum atomic E-state index is -1.43. The summed E-state index contributed by atoms with van der Waals surface area (Å²) in [7, 11) is 4.15. The molecular formula is C7H18Br3Si4. The van der Waals surface area contributed by atoms with Crippen LogP contribution in [0, 0.1) is 0 Å². The molecule has 0 atom stereocenters. The van der Waals surface area contributed by atoms with Gasteiger partial charge in [0.05, 0.1) is 0 Å². The van der Waals surface area contributed by atoms with Crippen LogP contribution in [0.25, 0.3) is 0 Å². The Kier molecular flexibility index (Phi) is 5.27. The predicted molar refractivity (Wildman–Crippen MR) is 87.7 cm³/mol. The summed E-state index contributed by atoms with van der Waals surface area (Å²) in [5, 5.41) is 0. The first kappa shape index (κ1) is 16.3. The van der Waals surface area contributed by atoms with Crippen molar-refractivity contribution in [3.63, 3.8) is 0 Å². The molecule has 83 valence electrons. The summed E-state index contributed by atoms with van der Waals surface area (Å²) in [6.07, 6.45) is 0. The molecule has 0 fully saturated rings. The Balaban J connectivity index is 5.54. The van der Waals surface area contributed by atoms with E-state index in [2.05, 4.69) is 95.4 Å². The maximum Gasteiger partial charge on any atom is 0.123 e. The molecule has 0 spiro atoms. The van der Waals surface area contributed by atoms with Crippen LogP contribution >= 0.6 is 45.9 Å². The maximum absolute atomic E-state index is 4.15. The third kappa shape index (κ3) is 2.95. The highest BCUT2D eigenvalue weighted by Crippen LogP contribution is 2.56. The number of hydrogen-bond donors (Lipinski definition) is 0. The Hall–Kier alpha value is 2.31. The van der Waals surface area contributed by atoms with E-state index in [1.54, 1.807) is 0 Å². The first-order valence-electron chi connectivity index (χ1n) is 4.57. The SMILES string of the molecule is C[Si](C)(Br)C([Si])([Si](C)(C)Br)[Si](C)(C)Br. The summed E-state index contributed by atoms with van der Waals surface area (Å²) < 4.78 is 0.285. The van der Waals surface area contributed by atoms with Crippen LogP contribution in [0.3, 0.4) is 0 Å². The fourth-order valence-corrected chi connectivity index (χ4v) is 53.0. The third-order valence-electron chi connectivity index (χ3n) is 2.68. The standard InChI is InChI=1S/C7H18Br3Si4/c1-12(2,8)7(11,13(3,4)9)14(5,6)10/h1-6H3. The van der Waals surface area contributed by atoms with E-state index in [0.717, 1.165) is 0 Å². The Bertz CT molecular complexity index is 174. The highest BCUT2D eigenvalue weighted by atomic mass is 79.9. The quantitative estimate of drug-likeness (QED) is 0.428. The van der Waals surface area contributed by atoms with Crippen LogP contribution in [0.1, 0.15) is 0 Å². The molecule has 0 unspecified atom stereocenters. The molecule has 0 aliphatic rings. The lowest BCUT2D eigenvalue weighted by molar-refractivity contribution is 1.37. The topological polar surface area (TPSA) is 0 Å². The Morgan fingerprint density at radius 1 is 0.714 bits per heavy atom. The Morgan fingerprint density at radius 3 is 0.857 bits per heavy atom. The molecule has 14 heavy (non-hydrogen) atoms. The normalized spacial score (nSPS) is 15.9. The Labute approximate surface area is 118 Å². The zero-order valence-corrected chi connectivity index (χ0v) is 18.4. The van der Waals surface area contributed by atoms with Gasteiger partial charge in [-0.05, 0) is 3.91 Å². The van der Waals surface area contributed by atoms with Gasteiger partial charge in [0, 0.05) is 10.2 Å². The largest absolute Gasteiger partial charge is 0.127 e. The summed E-state index contributed by atoms with van der Waals surface area (Å²) in [5.74, 6) is 0. The van der Waals surface area contributed by atoms with E-state index in [1.165, 1.54) is 0 Å². The van der Waals surface area contributed by atoms with E-state index >= 15 is 0 Å². The molecule has 0 amide bonds. The molecule has 0 saturated carbocycles. The van der Waals surface area contributed by atoms with Crippen LogP contribution in [0.4, 0.5) is 0 Å². The molecule has 3 radical (unpaired) electrons. The smallest absolute Gasteiger partial charge is 0.123 e. The molecule has 0 aromatic rings. The van der Waals surface area contributed by atoms with Crippen molar-refractivity contribution in [2.45, 2.75) is 43.2 Å². The molecule has 0 aliphatic heterocycles. The minimum absolute atomic E-state index is 0.285. The van der Waals surface area contributed by atoms with Gasteiger partial charge in [-0.2, -0.15) is 0 Å². The fourth-order valence-electron chi connectivity index (χ4n) is 2.12. The molecule has 0 aromatic carbocycles. The molecule has 0 N–H and O–H groups in total. The first-order chi connectivity index (χ1) is 5.75. The molecule has 0 nitrogen and oxygen atoms in total. The number of hydrogen-bond acceptors (Lipinski definition) is 0. The van der Waals surface area contributed by atoms with Crippen LogP contribution in [-0.4, -0.2) is 30.3 Å². The van der Waals surface area contributed by atoms with Gasteiger partial charge in [-0.3, -0.25) is 0 Å². The highest BCUT2D eigenvalue weighted by molar-refractivity contribution is 9.29. The molecule has 0 heterocycles. The van der Waals surface area contributed by atoms with E-state index in [0.29, 0.717) is 0 Å². The van der Waals surface area contributed by atoms with Crippen molar-refractivity contribution in [3.05, 3.63) is 0 Å². The van der Waals surface area contributed by atoms with Crippen molar-refractivity contribution in [3.8, 4) is 0 Å². The van der Waals surface area contributed by atoms with Crippen LogP contribution in [0.5, 0.6) is 0 Å². The average molecular weight is 454 g/mol. The van der Waals surface area contributed by atoms with Crippen LogP contribution in [0.2, 0.25) is 43.2 Å². The second kappa shape index (κ2) is 4.53. The lowest BCUT2D eigenvalue weighted by Crippen LogP contribution is -2.62. The average Bonchev–Trinajstić information content (AvgIpc) is 1.77. The zero-order chi connectivity index (χ0) is 12.0. The van der Waals surface area contributed by atoms with E-state index in [-0.39, 0.29) is 3.91 Å². The van der Waals surface area contributed by atoms with Gasteiger partial charge in [0.1, 0.15) is 20.1 Å². The molecule has 7 heteroatoms. The lowest BCUT2D eigenvalue weighted by Gasteiger charge is -2.52. The summed E-state index contributed by atoms with van der Waals surface area (Å²) in [6.45, 7) is 10.0. The van der Waals surface area contributed by atoms with Crippen molar-refractivity contribution in [2.75, 3.05) is 0 Å². The van der Waals surface area contributed by atoms with E-state index in [9.17, 15) is 0 Å². The lowest BCUT2D eigenvalue weighted by atomic mass is 11.7. The second-order valence-corrected chi connectivity index (χ2v) is 37.8. The number of rotatable bonds is 3. The van der Waals surface area contributed by atoms with Crippen molar-refractivity contribution in [2.24, 2.45) is 0 Å². The summed E-state index contributed by atoms with van der Waals surface area (Å²) in [6, 6.07) is 0. The molecule has 0 aromatic heterocycles. The van der Waals surface area contributed by atoms with Crippen molar-refractivity contribution >= 4 is 76.2 Å². The molecule has 0 bridgehead atoms. The molecule has 0 aliphatic carbocycles. The monoisotopic (exact) mass is 451 g/mol. The summed E-state index contributed by atoms with van der Waals surface area (Å²) in [4.78, 5) is 0. The van der Waals surface area contributed by atoms with E-state index < -0.39 is 20.1 Å². The van der Waals surface area contributed by atoms with Gasteiger partial charge in [-0.25, -0.2) is 0 Å². The maximum atomic E-state index is 4.15. The Morgan fingerprint density at radius 2 is 0.857 bits per heavy atom. The first-order valence-corrected chi connectivity index (χ1v) is 20.8. The predicted octanol–water partition coefficient (Wildman–Crippen LogP) is 4.73. The van der Waals surface area contributed by atoms with Crippen molar-refractivity contribution in [1.29, 1.82) is 0 Å². The van der Waals surface area contributed by atoms with Gasteiger partial charge in [-0.1, -0.05) is 39.3 Å². The van der Waals surface area contributed by atoms with E-state index in [1.807, 2.05) is 0 Å². The van der Waals surface area contributed by atoms with E-state index in [4.69, 9.17) is 0 Å². The summed E-state index contributed by atoms with van der Waals surface area (Å²) in [5.41, 5.74) is 0. The fraction of sp³-hybridized carbons (Fsp3) is 1.00. The van der Waals surface area contributed by atoms with Crippen LogP contribution in [-0.2, 0) is 0 Å². The van der Waals surface area contributed by atoms with Crippen molar-refractivity contribution in [1.82, 2.24) is 0 Å². The zero-order valence-electron chi connectivity index (χ0n) is 9.63. The summed E-state index contributed by atoms with van der Waals surface area (Å²) >= 11 is 11.9. The van der Waals surface area contributed by atoms with Gasteiger partial charge in [0.2, 0.25) is 0 Å². The molecule has 0 saturated heterocycles. The second-order valence-electron chi connectivity index (χ2n) is 5.17. The van der Waals surface area contributed by atoms with Crippen LogP contribution < -0.4 is 0 Å². The van der Waals surface area contributed by atoms with Gasteiger partial charge in [-0.15, -0.1) is 45.9 Å². The van der Waals surface area contributed by atoms with Gasteiger partial charge in [0.15, 0.2) is 0 Å². The molecule has 0 rings (SSSR count). The van der Waals surface area contributed by atoms with Crippen LogP contribution in [0.15, 0.2) is 0 Å². The minimum Gasteiger partial charge on any atom is -0.127 e. The molecular weight excluding hydrogens is 436 g/mol. The van der Waals surface area contributed by atoms with Crippen molar-refractivity contribution < 1.29 is 0 Å². The third-order valence-corrected chi connectivity index (χ3v) is 40.1.